The zero-order valence-corrected chi connectivity index (χ0v) is 13.0. The second kappa shape index (κ2) is 7.89. The molecule has 2 N–H and O–H groups in total. The van der Waals surface area contributed by atoms with E-state index in [1.165, 1.54) is 5.56 Å². The molecule has 3 nitrogen and oxygen atoms in total. The standard InChI is InChI=1S/C14H23BrN2O/c1-11(16)14(17(2)9-6-10-18-3)12-7-4-5-8-13(12)15/h4-5,7-8,11,14H,6,9-10,16H2,1-3H3. The number of methoxy groups -OCH3 is 1. The van der Waals surface area contributed by atoms with Gasteiger partial charge in [0.05, 0.1) is 6.04 Å². The fraction of sp³-hybridized carbons (Fsp3) is 0.571. The summed E-state index contributed by atoms with van der Waals surface area (Å²) < 4.78 is 6.21. The van der Waals surface area contributed by atoms with Gasteiger partial charge >= 0.3 is 0 Å². The lowest BCUT2D eigenvalue weighted by Crippen LogP contribution is -2.38. The highest BCUT2D eigenvalue weighted by Crippen LogP contribution is 2.28. The first kappa shape index (κ1) is 15.6. The summed E-state index contributed by atoms with van der Waals surface area (Å²) in [4.78, 5) is 2.30. The predicted octanol–water partition coefficient (Wildman–Crippen LogP) is 2.81. The van der Waals surface area contributed by atoms with Crippen LogP contribution < -0.4 is 5.73 Å². The van der Waals surface area contributed by atoms with E-state index >= 15 is 0 Å². The highest BCUT2D eigenvalue weighted by atomic mass is 79.9. The molecule has 2 atom stereocenters. The number of nitrogens with zero attached hydrogens (tertiary/aromatic N) is 1. The molecule has 0 aromatic heterocycles. The van der Waals surface area contributed by atoms with Crippen molar-refractivity contribution in [3.8, 4) is 0 Å². The Labute approximate surface area is 118 Å². The molecule has 1 aromatic rings. The second-order valence-corrected chi connectivity index (χ2v) is 5.51. The van der Waals surface area contributed by atoms with Crippen molar-refractivity contribution in [2.45, 2.75) is 25.4 Å². The van der Waals surface area contributed by atoms with Crippen molar-refractivity contribution in [1.29, 1.82) is 0 Å². The van der Waals surface area contributed by atoms with Gasteiger partial charge in [0, 0.05) is 30.8 Å². The van der Waals surface area contributed by atoms with Crippen LogP contribution in [0.25, 0.3) is 0 Å². The molecule has 18 heavy (non-hydrogen) atoms. The van der Waals surface area contributed by atoms with Crippen molar-refractivity contribution >= 4 is 15.9 Å². The molecular formula is C14H23BrN2O. The van der Waals surface area contributed by atoms with Gasteiger partial charge in [-0.2, -0.15) is 0 Å². The number of likely N-dealkylation sites (N-methyl/N-ethyl adjacent to an activating group) is 1. The number of rotatable bonds is 7. The molecule has 102 valence electrons. The number of nitrogens with two attached hydrogens (primary N) is 1. The lowest BCUT2D eigenvalue weighted by atomic mass is 9.99. The van der Waals surface area contributed by atoms with E-state index in [0.29, 0.717) is 0 Å². The van der Waals surface area contributed by atoms with Crippen LogP contribution in [0.4, 0.5) is 0 Å². The minimum Gasteiger partial charge on any atom is -0.385 e. The lowest BCUT2D eigenvalue weighted by Gasteiger charge is -2.32. The van der Waals surface area contributed by atoms with E-state index in [4.69, 9.17) is 10.5 Å². The quantitative estimate of drug-likeness (QED) is 0.786. The van der Waals surface area contributed by atoms with Gasteiger partial charge in [-0.1, -0.05) is 34.1 Å². The molecule has 2 unspecified atom stereocenters. The Morgan fingerprint density at radius 2 is 2.06 bits per heavy atom. The monoisotopic (exact) mass is 314 g/mol. The largest absolute Gasteiger partial charge is 0.385 e. The van der Waals surface area contributed by atoms with E-state index in [9.17, 15) is 0 Å². The van der Waals surface area contributed by atoms with Crippen molar-refractivity contribution in [3.05, 3.63) is 34.3 Å². The maximum atomic E-state index is 6.15. The van der Waals surface area contributed by atoms with E-state index in [0.717, 1.165) is 24.0 Å². The third kappa shape index (κ3) is 4.35. The zero-order chi connectivity index (χ0) is 13.5. The van der Waals surface area contributed by atoms with E-state index in [2.05, 4.69) is 53.0 Å². The molecule has 1 aromatic carbocycles. The van der Waals surface area contributed by atoms with Crippen LogP contribution in [0.15, 0.2) is 28.7 Å². The Balaban J connectivity index is 2.79. The highest BCUT2D eigenvalue weighted by Gasteiger charge is 2.22. The SMILES string of the molecule is COCCCN(C)C(c1ccccc1Br)C(C)N. The summed E-state index contributed by atoms with van der Waals surface area (Å²) in [5.74, 6) is 0. The lowest BCUT2D eigenvalue weighted by molar-refractivity contribution is 0.158. The molecule has 0 radical (unpaired) electrons. The Kier molecular flexibility index (Phi) is 6.86. The molecule has 0 fully saturated rings. The summed E-state index contributed by atoms with van der Waals surface area (Å²) in [7, 11) is 3.85. The number of hydrogen-bond donors (Lipinski definition) is 1. The van der Waals surface area contributed by atoms with Gasteiger partial charge in [0.25, 0.3) is 0 Å². The first-order chi connectivity index (χ1) is 8.57. The van der Waals surface area contributed by atoms with Crippen LogP contribution in [0.2, 0.25) is 0 Å². The summed E-state index contributed by atoms with van der Waals surface area (Å²) in [5.41, 5.74) is 7.39. The molecular weight excluding hydrogens is 292 g/mol. The fourth-order valence-electron chi connectivity index (χ4n) is 2.23. The average molecular weight is 315 g/mol. The normalized spacial score (nSPS) is 14.8. The second-order valence-electron chi connectivity index (χ2n) is 4.65. The first-order valence-corrected chi connectivity index (χ1v) is 7.06. The summed E-state index contributed by atoms with van der Waals surface area (Å²) in [6, 6.07) is 8.57. The molecule has 4 heteroatoms. The summed E-state index contributed by atoms with van der Waals surface area (Å²) in [6.45, 7) is 3.81. The number of hydrogen-bond acceptors (Lipinski definition) is 3. The van der Waals surface area contributed by atoms with Crippen LogP contribution in [-0.4, -0.2) is 38.3 Å². The molecule has 0 amide bonds. The van der Waals surface area contributed by atoms with E-state index in [1.807, 2.05) is 6.07 Å². The molecule has 0 aliphatic heterocycles. The molecule has 0 bridgehead atoms. The van der Waals surface area contributed by atoms with Crippen molar-refractivity contribution in [2.75, 3.05) is 27.3 Å². The van der Waals surface area contributed by atoms with Crippen LogP contribution in [0.5, 0.6) is 0 Å². The Bertz CT molecular complexity index is 357. The first-order valence-electron chi connectivity index (χ1n) is 6.27. The highest BCUT2D eigenvalue weighted by molar-refractivity contribution is 9.10. The number of benzene rings is 1. The van der Waals surface area contributed by atoms with Crippen molar-refractivity contribution < 1.29 is 4.74 Å². The van der Waals surface area contributed by atoms with Crippen molar-refractivity contribution in [1.82, 2.24) is 4.90 Å². The van der Waals surface area contributed by atoms with Crippen LogP contribution in [0.1, 0.15) is 24.9 Å². The molecule has 0 aliphatic rings. The molecule has 0 saturated carbocycles. The van der Waals surface area contributed by atoms with Gasteiger partial charge in [-0.05, 0) is 32.0 Å². The molecule has 0 saturated heterocycles. The van der Waals surface area contributed by atoms with Gasteiger partial charge < -0.3 is 10.5 Å². The molecule has 0 spiro atoms. The van der Waals surface area contributed by atoms with Crippen molar-refractivity contribution in [3.63, 3.8) is 0 Å². The number of halogens is 1. The van der Waals surface area contributed by atoms with Crippen LogP contribution in [0.3, 0.4) is 0 Å². The Hall–Kier alpha value is -0.420. The van der Waals surface area contributed by atoms with Gasteiger partial charge in [0.2, 0.25) is 0 Å². The molecule has 1 rings (SSSR count). The summed E-state index contributed by atoms with van der Waals surface area (Å²) in [5, 5.41) is 0. The minimum atomic E-state index is 0.0799. The van der Waals surface area contributed by atoms with E-state index < -0.39 is 0 Å². The summed E-state index contributed by atoms with van der Waals surface area (Å²) >= 11 is 3.61. The molecule has 0 heterocycles. The average Bonchev–Trinajstić information content (AvgIpc) is 2.32. The van der Waals surface area contributed by atoms with E-state index in [1.54, 1.807) is 7.11 Å². The maximum absolute atomic E-state index is 6.15. The summed E-state index contributed by atoms with van der Waals surface area (Å²) in [6.07, 6.45) is 1.01. The van der Waals surface area contributed by atoms with Crippen LogP contribution >= 0.6 is 15.9 Å². The van der Waals surface area contributed by atoms with Gasteiger partial charge in [-0.15, -0.1) is 0 Å². The maximum Gasteiger partial charge on any atom is 0.0504 e. The van der Waals surface area contributed by atoms with Crippen LogP contribution in [0, 0.1) is 0 Å². The Morgan fingerprint density at radius 1 is 1.39 bits per heavy atom. The smallest absolute Gasteiger partial charge is 0.0504 e. The number of ether oxygens (including phenoxy) is 1. The third-order valence-electron chi connectivity index (χ3n) is 3.06. The van der Waals surface area contributed by atoms with Gasteiger partial charge in [-0.3, -0.25) is 4.90 Å². The minimum absolute atomic E-state index is 0.0799. The van der Waals surface area contributed by atoms with Gasteiger partial charge in [0.1, 0.15) is 0 Å². The van der Waals surface area contributed by atoms with Gasteiger partial charge in [-0.25, -0.2) is 0 Å². The topological polar surface area (TPSA) is 38.5 Å². The Morgan fingerprint density at radius 3 is 2.61 bits per heavy atom. The van der Waals surface area contributed by atoms with Crippen molar-refractivity contribution in [2.24, 2.45) is 5.73 Å². The van der Waals surface area contributed by atoms with Gasteiger partial charge in [0.15, 0.2) is 0 Å². The molecule has 0 aliphatic carbocycles. The third-order valence-corrected chi connectivity index (χ3v) is 3.78. The zero-order valence-electron chi connectivity index (χ0n) is 11.4. The predicted molar refractivity (Wildman–Crippen MR) is 79.7 cm³/mol. The fourth-order valence-corrected chi connectivity index (χ4v) is 2.75. The van der Waals surface area contributed by atoms with Crippen LogP contribution in [-0.2, 0) is 4.74 Å². The van der Waals surface area contributed by atoms with E-state index in [-0.39, 0.29) is 12.1 Å².